The van der Waals surface area contributed by atoms with Crippen molar-refractivity contribution >= 4 is 23.1 Å². The molecule has 2 heterocycles. The Hall–Kier alpha value is -1.03. The third kappa shape index (κ3) is 1.75. The first-order chi connectivity index (χ1) is 6.66. The van der Waals surface area contributed by atoms with Crippen LogP contribution in [0.4, 0.5) is 11.5 Å². The Balaban J connectivity index is 2.27. The maximum absolute atomic E-state index is 5.79. The standard InChI is InChI=1S/C9H13ClN4/c1-6-2-3-14(5-6)8-7(11)4-12-9(10)13-8/h4,6H,2-3,5,11H2,1H3. The van der Waals surface area contributed by atoms with Crippen molar-refractivity contribution in [2.45, 2.75) is 13.3 Å². The molecule has 1 aromatic rings. The fraction of sp³-hybridized carbons (Fsp3) is 0.556. The van der Waals surface area contributed by atoms with E-state index in [1.165, 1.54) is 6.42 Å². The van der Waals surface area contributed by atoms with Crippen molar-refractivity contribution in [2.24, 2.45) is 5.92 Å². The third-order valence-electron chi connectivity index (χ3n) is 2.49. The largest absolute Gasteiger partial charge is 0.394 e. The zero-order chi connectivity index (χ0) is 10.1. The summed E-state index contributed by atoms with van der Waals surface area (Å²) in [6, 6.07) is 0. The highest BCUT2D eigenvalue weighted by Gasteiger charge is 2.21. The van der Waals surface area contributed by atoms with Crippen LogP contribution in [0, 0.1) is 5.92 Å². The number of halogens is 1. The normalized spacial score (nSPS) is 21.6. The molecule has 0 aliphatic carbocycles. The van der Waals surface area contributed by atoms with E-state index < -0.39 is 0 Å². The van der Waals surface area contributed by atoms with Crippen molar-refractivity contribution in [1.29, 1.82) is 0 Å². The van der Waals surface area contributed by atoms with Gasteiger partial charge in [-0.25, -0.2) is 4.98 Å². The second kappa shape index (κ2) is 3.61. The van der Waals surface area contributed by atoms with Crippen LogP contribution < -0.4 is 10.6 Å². The number of nitrogens with two attached hydrogens (primary N) is 1. The molecule has 2 rings (SSSR count). The van der Waals surface area contributed by atoms with Crippen molar-refractivity contribution in [2.75, 3.05) is 23.7 Å². The van der Waals surface area contributed by atoms with E-state index in [0.29, 0.717) is 11.6 Å². The molecule has 1 aliphatic rings. The molecule has 1 atom stereocenters. The number of rotatable bonds is 1. The van der Waals surface area contributed by atoms with Crippen molar-refractivity contribution in [3.63, 3.8) is 0 Å². The average molecular weight is 213 g/mol. The van der Waals surface area contributed by atoms with Gasteiger partial charge in [0.05, 0.1) is 11.9 Å². The van der Waals surface area contributed by atoms with Crippen molar-refractivity contribution in [1.82, 2.24) is 9.97 Å². The van der Waals surface area contributed by atoms with Crippen LogP contribution >= 0.6 is 11.6 Å². The van der Waals surface area contributed by atoms with Crippen LogP contribution in [-0.4, -0.2) is 23.1 Å². The van der Waals surface area contributed by atoms with Gasteiger partial charge in [0, 0.05) is 13.1 Å². The molecule has 0 saturated carbocycles. The first-order valence-electron chi connectivity index (χ1n) is 4.70. The highest BCUT2D eigenvalue weighted by molar-refractivity contribution is 6.28. The molecular formula is C9H13ClN4. The molecule has 0 spiro atoms. The van der Waals surface area contributed by atoms with E-state index in [2.05, 4.69) is 21.8 Å². The third-order valence-corrected chi connectivity index (χ3v) is 2.67. The number of nitrogens with zero attached hydrogens (tertiary/aromatic N) is 3. The van der Waals surface area contributed by atoms with Gasteiger partial charge in [-0.3, -0.25) is 0 Å². The van der Waals surface area contributed by atoms with Crippen LogP contribution in [0.25, 0.3) is 0 Å². The lowest BCUT2D eigenvalue weighted by Crippen LogP contribution is -2.21. The lowest BCUT2D eigenvalue weighted by Gasteiger charge is -2.18. The fourth-order valence-electron chi connectivity index (χ4n) is 1.74. The highest BCUT2D eigenvalue weighted by Crippen LogP contribution is 2.26. The van der Waals surface area contributed by atoms with Crippen LogP contribution in [0.2, 0.25) is 5.28 Å². The van der Waals surface area contributed by atoms with Gasteiger partial charge in [-0.2, -0.15) is 4.98 Å². The highest BCUT2D eigenvalue weighted by atomic mass is 35.5. The van der Waals surface area contributed by atoms with Gasteiger partial charge in [0.1, 0.15) is 0 Å². The monoisotopic (exact) mass is 212 g/mol. The Morgan fingerprint density at radius 3 is 3.07 bits per heavy atom. The summed E-state index contributed by atoms with van der Waals surface area (Å²) in [5.74, 6) is 1.47. The number of nitrogen functional groups attached to an aromatic ring is 1. The van der Waals surface area contributed by atoms with Gasteiger partial charge < -0.3 is 10.6 Å². The second-order valence-corrected chi connectivity index (χ2v) is 4.10. The van der Waals surface area contributed by atoms with Crippen molar-refractivity contribution in [3.8, 4) is 0 Å². The predicted octanol–water partition coefficient (Wildman–Crippen LogP) is 1.56. The molecule has 0 aromatic carbocycles. The zero-order valence-corrected chi connectivity index (χ0v) is 8.83. The van der Waals surface area contributed by atoms with Gasteiger partial charge >= 0.3 is 0 Å². The van der Waals surface area contributed by atoms with E-state index in [4.69, 9.17) is 17.3 Å². The minimum absolute atomic E-state index is 0.258. The summed E-state index contributed by atoms with van der Waals surface area (Å²) in [7, 11) is 0. The molecule has 4 nitrogen and oxygen atoms in total. The molecular weight excluding hydrogens is 200 g/mol. The molecule has 0 bridgehead atoms. The predicted molar refractivity (Wildman–Crippen MR) is 57.4 cm³/mol. The molecule has 1 saturated heterocycles. The van der Waals surface area contributed by atoms with Crippen LogP contribution in [0.15, 0.2) is 6.20 Å². The summed E-state index contributed by atoms with van der Waals surface area (Å²) in [4.78, 5) is 10.1. The van der Waals surface area contributed by atoms with E-state index in [9.17, 15) is 0 Å². The summed E-state index contributed by atoms with van der Waals surface area (Å²) in [5.41, 5.74) is 6.39. The van der Waals surface area contributed by atoms with Crippen molar-refractivity contribution in [3.05, 3.63) is 11.5 Å². The molecule has 1 unspecified atom stereocenters. The average Bonchev–Trinajstić information content (AvgIpc) is 2.56. The van der Waals surface area contributed by atoms with Gasteiger partial charge in [-0.1, -0.05) is 6.92 Å². The quantitative estimate of drug-likeness (QED) is 0.718. The lowest BCUT2D eigenvalue weighted by molar-refractivity contribution is 0.659. The zero-order valence-electron chi connectivity index (χ0n) is 8.07. The molecule has 1 aromatic heterocycles. The summed E-state index contributed by atoms with van der Waals surface area (Å²) in [5, 5.41) is 0.258. The Morgan fingerprint density at radius 2 is 2.43 bits per heavy atom. The second-order valence-electron chi connectivity index (χ2n) is 3.76. The van der Waals surface area contributed by atoms with E-state index in [1.807, 2.05) is 0 Å². The van der Waals surface area contributed by atoms with E-state index >= 15 is 0 Å². The molecule has 2 N–H and O–H groups in total. The summed E-state index contributed by atoms with van der Waals surface area (Å²) in [6.07, 6.45) is 2.74. The summed E-state index contributed by atoms with van der Waals surface area (Å²) < 4.78 is 0. The Kier molecular flexibility index (Phi) is 2.46. The maximum atomic E-state index is 5.79. The van der Waals surface area contributed by atoms with Gasteiger partial charge in [0.25, 0.3) is 0 Å². The summed E-state index contributed by atoms with van der Waals surface area (Å²) in [6.45, 7) is 4.22. The summed E-state index contributed by atoms with van der Waals surface area (Å²) >= 11 is 5.73. The minimum atomic E-state index is 0.258. The van der Waals surface area contributed by atoms with E-state index in [-0.39, 0.29) is 5.28 Å². The molecule has 0 amide bonds. The van der Waals surface area contributed by atoms with Gasteiger partial charge in [0.15, 0.2) is 5.82 Å². The molecule has 1 aliphatic heterocycles. The first-order valence-corrected chi connectivity index (χ1v) is 5.07. The van der Waals surface area contributed by atoms with Crippen LogP contribution in [-0.2, 0) is 0 Å². The SMILES string of the molecule is CC1CCN(c2nc(Cl)ncc2N)C1. The molecule has 14 heavy (non-hydrogen) atoms. The minimum Gasteiger partial charge on any atom is -0.394 e. The Morgan fingerprint density at radius 1 is 1.64 bits per heavy atom. The molecule has 1 fully saturated rings. The fourth-order valence-corrected chi connectivity index (χ4v) is 1.87. The number of hydrogen-bond donors (Lipinski definition) is 1. The maximum Gasteiger partial charge on any atom is 0.224 e. The van der Waals surface area contributed by atoms with Gasteiger partial charge in [-0.05, 0) is 23.9 Å². The molecule has 76 valence electrons. The smallest absolute Gasteiger partial charge is 0.224 e. The molecule has 0 radical (unpaired) electrons. The Bertz CT molecular complexity index is 342. The van der Waals surface area contributed by atoms with Crippen LogP contribution in [0.5, 0.6) is 0 Å². The lowest BCUT2D eigenvalue weighted by atomic mass is 10.2. The molecule has 5 heteroatoms. The van der Waals surface area contributed by atoms with Crippen LogP contribution in [0.1, 0.15) is 13.3 Å². The van der Waals surface area contributed by atoms with Gasteiger partial charge in [0.2, 0.25) is 5.28 Å². The Labute approximate surface area is 88.1 Å². The number of hydrogen-bond acceptors (Lipinski definition) is 4. The first kappa shape index (κ1) is 9.52. The van der Waals surface area contributed by atoms with Gasteiger partial charge in [-0.15, -0.1) is 0 Å². The van der Waals surface area contributed by atoms with E-state index in [0.717, 1.165) is 18.9 Å². The van der Waals surface area contributed by atoms with Crippen molar-refractivity contribution < 1.29 is 0 Å². The van der Waals surface area contributed by atoms with E-state index in [1.54, 1.807) is 6.20 Å². The number of aromatic nitrogens is 2. The topological polar surface area (TPSA) is 55.0 Å². The van der Waals surface area contributed by atoms with Crippen LogP contribution in [0.3, 0.4) is 0 Å². The number of anilines is 2.